The molecule has 1 aliphatic heterocycles. The first-order chi connectivity index (χ1) is 17.1. The highest BCUT2D eigenvalue weighted by Crippen LogP contribution is 2.32. The Kier molecular flexibility index (Phi) is 7.24. The molecule has 2 atom stereocenters. The molecule has 4 aromatic rings. The molecule has 0 radical (unpaired) electrons. The zero-order valence-corrected chi connectivity index (χ0v) is 21.4. The smallest absolute Gasteiger partial charge is 0.270 e. The van der Waals surface area contributed by atoms with Crippen molar-refractivity contribution in [2.24, 2.45) is 0 Å². The minimum absolute atomic E-state index is 0.0429. The van der Waals surface area contributed by atoms with Gasteiger partial charge in [0.25, 0.3) is 5.91 Å². The summed E-state index contributed by atoms with van der Waals surface area (Å²) in [6, 6.07) is 17.4. The fourth-order valence-electron chi connectivity index (χ4n) is 3.93. The van der Waals surface area contributed by atoms with Gasteiger partial charge in [0.15, 0.2) is 5.13 Å². The summed E-state index contributed by atoms with van der Waals surface area (Å²) in [5.74, 6) is 0.951. The van der Waals surface area contributed by atoms with Crippen molar-refractivity contribution < 1.29 is 14.3 Å². The number of halogens is 1. The van der Waals surface area contributed by atoms with Crippen molar-refractivity contribution in [3.8, 4) is 11.5 Å². The topological polar surface area (TPSA) is 97.4 Å². The van der Waals surface area contributed by atoms with Crippen LogP contribution in [0, 0.1) is 0 Å². The molecule has 10 heteroatoms. The number of methoxy groups -OCH3 is 1. The average molecular weight is 554 g/mol. The van der Waals surface area contributed by atoms with Crippen molar-refractivity contribution >= 4 is 54.2 Å². The Morgan fingerprint density at radius 2 is 2.00 bits per heavy atom. The van der Waals surface area contributed by atoms with Crippen LogP contribution in [0.25, 0.3) is 10.2 Å². The van der Waals surface area contributed by atoms with Crippen LogP contribution >= 0.6 is 27.3 Å². The highest BCUT2D eigenvalue weighted by Gasteiger charge is 2.25. The maximum absolute atomic E-state index is 12.7. The number of anilines is 2. The highest BCUT2D eigenvalue weighted by atomic mass is 79.9. The number of amides is 1. The number of carbonyl (C=O) groups is 1. The molecule has 3 N–H and O–H groups in total. The van der Waals surface area contributed by atoms with Gasteiger partial charge in [-0.15, -0.1) is 0 Å². The third kappa shape index (κ3) is 5.96. The van der Waals surface area contributed by atoms with Crippen LogP contribution in [0.3, 0.4) is 0 Å². The van der Waals surface area contributed by atoms with Gasteiger partial charge in [0.1, 0.15) is 17.2 Å². The molecule has 1 fully saturated rings. The largest absolute Gasteiger partial charge is 0.457 e. The average Bonchev–Trinajstić information content (AvgIpc) is 3.46. The Labute approximate surface area is 215 Å². The monoisotopic (exact) mass is 553 g/mol. The minimum atomic E-state index is -0.223. The maximum Gasteiger partial charge on any atom is 0.270 e. The van der Waals surface area contributed by atoms with Gasteiger partial charge in [-0.2, -0.15) is 0 Å². The van der Waals surface area contributed by atoms with E-state index in [0.29, 0.717) is 30.3 Å². The molecule has 3 heterocycles. The Hall–Kier alpha value is -3.05. The van der Waals surface area contributed by atoms with Crippen LogP contribution in [0.5, 0.6) is 11.5 Å². The first kappa shape index (κ1) is 23.7. The van der Waals surface area contributed by atoms with E-state index in [1.807, 2.05) is 42.5 Å². The van der Waals surface area contributed by atoms with E-state index >= 15 is 0 Å². The zero-order chi connectivity index (χ0) is 24.2. The second-order valence-corrected chi connectivity index (χ2v) is 10.2. The van der Waals surface area contributed by atoms with Crippen LogP contribution in [0.4, 0.5) is 10.8 Å². The number of benzene rings is 2. The van der Waals surface area contributed by atoms with Crippen molar-refractivity contribution in [3.05, 3.63) is 71.0 Å². The second-order valence-electron chi connectivity index (χ2n) is 8.23. The lowest BCUT2D eigenvalue weighted by molar-refractivity contribution is 0.0933. The minimum Gasteiger partial charge on any atom is -0.457 e. The zero-order valence-electron chi connectivity index (χ0n) is 19.0. The lowest BCUT2D eigenvalue weighted by atomic mass is 10.2. The molecular formula is C25H24BrN5O3S. The lowest BCUT2D eigenvalue weighted by Crippen LogP contribution is -2.36. The number of nitrogens with one attached hydrogen (secondary N) is 3. The van der Waals surface area contributed by atoms with Crippen LogP contribution in [-0.2, 0) is 4.74 Å². The third-order valence-electron chi connectivity index (χ3n) is 5.58. The second kappa shape index (κ2) is 10.7. The first-order valence-electron chi connectivity index (χ1n) is 11.2. The molecular weight excluding hydrogens is 530 g/mol. The Morgan fingerprint density at radius 1 is 1.17 bits per heavy atom. The van der Waals surface area contributed by atoms with Crippen LogP contribution in [0.2, 0.25) is 0 Å². The molecule has 0 bridgehead atoms. The Balaban J connectivity index is 1.24. The summed E-state index contributed by atoms with van der Waals surface area (Å²) in [5, 5.41) is 10.5. The normalized spacial score (nSPS) is 17.4. The molecule has 2 unspecified atom stereocenters. The fraction of sp³-hybridized carbons (Fsp3) is 0.240. The van der Waals surface area contributed by atoms with E-state index in [-0.39, 0.29) is 18.0 Å². The van der Waals surface area contributed by atoms with Crippen molar-refractivity contribution in [1.82, 2.24) is 20.6 Å². The number of carbonyl (C=O) groups excluding carboxylic acids is 1. The number of aromatic nitrogens is 2. The number of ether oxygens (including phenoxy) is 2. The van der Waals surface area contributed by atoms with Gasteiger partial charge < -0.3 is 25.4 Å². The predicted molar refractivity (Wildman–Crippen MR) is 141 cm³/mol. The lowest BCUT2D eigenvalue weighted by Gasteiger charge is -2.12. The number of rotatable bonds is 8. The summed E-state index contributed by atoms with van der Waals surface area (Å²) in [5.41, 5.74) is 2.11. The molecule has 0 spiro atoms. The van der Waals surface area contributed by atoms with Gasteiger partial charge in [0.05, 0.1) is 16.8 Å². The summed E-state index contributed by atoms with van der Waals surface area (Å²) < 4.78 is 13.3. The number of hydrogen-bond acceptors (Lipinski definition) is 8. The van der Waals surface area contributed by atoms with Crippen molar-refractivity contribution in [3.63, 3.8) is 0 Å². The van der Waals surface area contributed by atoms with E-state index in [1.54, 1.807) is 36.8 Å². The molecule has 5 rings (SSSR count). The molecule has 2 aromatic carbocycles. The molecule has 0 saturated carbocycles. The van der Waals surface area contributed by atoms with E-state index in [0.717, 1.165) is 31.9 Å². The summed E-state index contributed by atoms with van der Waals surface area (Å²) >= 11 is 5.02. The highest BCUT2D eigenvalue weighted by molar-refractivity contribution is 9.10. The van der Waals surface area contributed by atoms with E-state index in [2.05, 4.69) is 41.8 Å². The number of nitrogens with zero attached hydrogens (tertiary/aromatic N) is 2. The number of thiazole rings is 1. The quantitative estimate of drug-likeness (QED) is 0.279. The molecule has 35 heavy (non-hydrogen) atoms. The van der Waals surface area contributed by atoms with Gasteiger partial charge in [-0.25, -0.2) is 4.98 Å². The van der Waals surface area contributed by atoms with Gasteiger partial charge in [0, 0.05) is 54.2 Å². The summed E-state index contributed by atoms with van der Waals surface area (Å²) in [7, 11) is 1.68. The first-order valence-corrected chi connectivity index (χ1v) is 12.8. The van der Waals surface area contributed by atoms with Gasteiger partial charge in [0.2, 0.25) is 0 Å². The van der Waals surface area contributed by atoms with E-state index in [4.69, 9.17) is 9.47 Å². The molecule has 1 aliphatic rings. The standard InChI is InChI=1S/C25H24BrN5O3S/c1-33-14-18-10-17(13-28-18)29-24(32)22-12-20(8-9-27-22)34-19-6-7-23-21(11-19)31-25(35-23)30-16-4-2-15(26)3-5-16/h2-9,11-12,17-18,28H,10,13-14H2,1H3,(H,29,32)(H,30,31). The predicted octanol–water partition coefficient (Wildman–Crippen LogP) is 5.10. The van der Waals surface area contributed by atoms with Gasteiger partial charge in [-0.1, -0.05) is 27.3 Å². The Morgan fingerprint density at radius 3 is 2.83 bits per heavy atom. The molecule has 180 valence electrons. The van der Waals surface area contributed by atoms with Crippen molar-refractivity contribution in [2.75, 3.05) is 25.6 Å². The fourth-order valence-corrected chi connectivity index (χ4v) is 5.06. The summed E-state index contributed by atoms with van der Waals surface area (Å²) in [6.45, 7) is 1.33. The molecule has 0 aliphatic carbocycles. The van der Waals surface area contributed by atoms with Gasteiger partial charge >= 0.3 is 0 Å². The summed E-state index contributed by atoms with van der Waals surface area (Å²) in [4.78, 5) is 21.6. The molecule has 1 amide bonds. The van der Waals surface area contributed by atoms with Gasteiger partial charge in [-0.05, 0) is 48.9 Å². The van der Waals surface area contributed by atoms with Crippen LogP contribution in [0.1, 0.15) is 16.9 Å². The van der Waals surface area contributed by atoms with Crippen molar-refractivity contribution in [1.29, 1.82) is 0 Å². The summed E-state index contributed by atoms with van der Waals surface area (Å²) in [6.07, 6.45) is 2.40. The van der Waals surface area contributed by atoms with Crippen molar-refractivity contribution in [2.45, 2.75) is 18.5 Å². The molecule has 2 aromatic heterocycles. The van der Waals surface area contributed by atoms with E-state index < -0.39 is 0 Å². The SMILES string of the molecule is COCC1CC(NC(=O)c2cc(Oc3ccc4sc(Nc5ccc(Br)cc5)nc4c3)ccn2)CN1. The maximum atomic E-state index is 12.7. The third-order valence-corrected chi connectivity index (χ3v) is 7.06. The number of fused-ring (bicyclic) bond motifs is 1. The molecule has 8 nitrogen and oxygen atoms in total. The van der Waals surface area contributed by atoms with E-state index in [1.165, 1.54) is 0 Å². The van der Waals surface area contributed by atoms with E-state index in [9.17, 15) is 4.79 Å². The van der Waals surface area contributed by atoms with Crippen LogP contribution < -0.4 is 20.7 Å². The molecule has 1 saturated heterocycles. The number of pyridine rings is 1. The van der Waals surface area contributed by atoms with Crippen LogP contribution in [0.15, 0.2) is 65.3 Å². The number of hydrogen-bond donors (Lipinski definition) is 3. The van der Waals surface area contributed by atoms with Crippen LogP contribution in [-0.4, -0.2) is 48.2 Å². The Bertz CT molecular complexity index is 1330. The van der Waals surface area contributed by atoms with Gasteiger partial charge in [-0.3, -0.25) is 9.78 Å².